The number of phenols is 3. The number of ether oxygens (including phenoxy) is 2. The molecule has 2 heterocycles. The largest absolute Gasteiger partial charge is 0.508 e. The molecular formula is C20H18O11. The molecule has 1 aromatic heterocycles. The zero-order valence-corrected chi connectivity index (χ0v) is 15.6. The molecule has 31 heavy (non-hydrogen) atoms. The second-order valence-corrected chi connectivity index (χ2v) is 6.96. The molecule has 1 aliphatic heterocycles. The van der Waals surface area contributed by atoms with Gasteiger partial charge in [0.25, 0.3) is 0 Å². The van der Waals surface area contributed by atoms with E-state index in [-0.39, 0.29) is 33.8 Å². The summed E-state index contributed by atoms with van der Waals surface area (Å²) in [5, 5.41) is 68.4. The maximum absolute atomic E-state index is 13.1. The quantitative estimate of drug-likeness (QED) is 0.287. The first kappa shape index (κ1) is 20.9. The number of phenolic OH excluding ortho intramolecular Hbond substituents is 3. The zero-order chi connectivity index (χ0) is 22.4. The van der Waals surface area contributed by atoms with Crippen molar-refractivity contribution in [2.75, 3.05) is 0 Å². The normalized spacial score (nSPS) is 26.1. The molecule has 0 saturated carbocycles. The van der Waals surface area contributed by atoms with Gasteiger partial charge in [0.1, 0.15) is 46.5 Å². The molecule has 1 fully saturated rings. The molecule has 0 spiro atoms. The number of rotatable bonds is 3. The van der Waals surface area contributed by atoms with Gasteiger partial charge < -0.3 is 49.6 Å². The van der Waals surface area contributed by atoms with Crippen LogP contribution in [0, 0.1) is 0 Å². The van der Waals surface area contributed by atoms with Gasteiger partial charge in [-0.1, -0.05) is 0 Å². The third-order valence-corrected chi connectivity index (χ3v) is 4.83. The lowest BCUT2D eigenvalue weighted by atomic mass is 10.0. The highest BCUT2D eigenvalue weighted by Gasteiger charge is 2.45. The van der Waals surface area contributed by atoms with E-state index in [2.05, 4.69) is 0 Å². The maximum atomic E-state index is 13.1. The topological polar surface area (TPSA) is 190 Å². The summed E-state index contributed by atoms with van der Waals surface area (Å²) in [6.45, 7) is 0. The van der Waals surface area contributed by atoms with Crippen molar-refractivity contribution in [3.8, 4) is 34.3 Å². The average Bonchev–Trinajstić information content (AvgIpc) is 2.72. The maximum Gasteiger partial charge on any atom is 0.239 e. The lowest BCUT2D eigenvalue weighted by Crippen LogP contribution is -2.59. The summed E-state index contributed by atoms with van der Waals surface area (Å²) in [5.74, 6) is -1.82. The van der Waals surface area contributed by atoms with Crippen molar-refractivity contribution < 1.29 is 49.6 Å². The van der Waals surface area contributed by atoms with E-state index in [4.69, 9.17) is 13.9 Å². The number of benzene rings is 2. The third-order valence-electron chi connectivity index (χ3n) is 4.83. The monoisotopic (exact) mass is 434 g/mol. The molecule has 2 aromatic carbocycles. The number of fused-ring (bicyclic) bond motifs is 1. The van der Waals surface area contributed by atoms with Gasteiger partial charge in [0.05, 0.1) is 0 Å². The van der Waals surface area contributed by atoms with E-state index in [0.717, 1.165) is 12.1 Å². The Kier molecular flexibility index (Phi) is 5.21. The Balaban J connectivity index is 1.90. The molecule has 0 unspecified atom stereocenters. The number of aromatic hydroxyl groups is 3. The van der Waals surface area contributed by atoms with E-state index in [1.165, 1.54) is 24.3 Å². The molecule has 0 radical (unpaired) electrons. The van der Waals surface area contributed by atoms with Gasteiger partial charge >= 0.3 is 0 Å². The predicted octanol–water partition coefficient (Wildman–Crippen LogP) is -0.287. The highest BCUT2D eigenvalue weighted by molar-refractivity contribution is 5.88. The molecule has 0 amide bonds. The Labute approximate surface area is 173 Å². The third kappa shape index (κ3) is 3.65. The van der Waals surface area contributed by atoms with Gasteiger partial charge in [0.15, 0.2) is 12.1 Å². The van der Waals surface area contributed by atoms with Crippen LogP contribution in [-0.4, -0.2) is 66.6 Å². The van der Waals surface area contributed by atoms with Gasteiger partial charge in [-0.3, -0.25) is 4.79 Å². The molecule has 11 heteroatoms. The first-order valence-corrected chi connectivity index (χ1v) is 9.04. The summed E-state index contributed by atoms with van der Waals surface area (Å²) < 4.78 is 16.1. The van der Waals surface area contributed by atoms with Crippen molar-refractivity contribution in [2.45, 2.75) is 30.9 Å². The Morgan fingerprint density at radius 1 is 0.839 bits per heavy atom. The van der Waals surface area contributed by atoms with E-state index in [1.54, 1.807) is 0 Å². The van der Waals surface area contributed by atoms with Crippen LogP contribution in [0.25, 0.3) is 22.3 Å². The Morgan fingerprint density at radius 3 is 2.19 bits per heavy atom. The summed E-state index contributed by atoms with van der Waals surface area (Å²) in [7, 11) is 0. The molecule has 164 valence electrons. The van der Waals surface area contributed by atoms with Crippen LogP contribution >= 0.6 is 0 Å². The Hall–Kier alpha value is -3.35. The number of hydrogen-bond acceptors (Lipinski definition) is 11. The van der Waals surface area contributed by atoms with Gasteiger partial charge in [-0.05, 0) is 24.3 Å². The van der Waals surface area contributed by atoms with Crippen molar-refractivity contribution in [2.24, 2.45) is 0 Å². The van der Waals surface area contributed by atoms with Crippen LogP contribution in [0.3, 0.4) is 0 Å². The molecule has 11 nitrogen and oxygen atoms in total. The highest BCUT2D eigenvalue weighted by atomic mass is 16.7. The predicted molar refractivity (Wildman–Crippen MR) is 102 cm³/mol. The smallest absolute Gasteiger partial charge is 0.239 e. The Morgan fingerprint density at radius 2 is 1.52 bits per heavy atom. The zero-order valence-electron chi connectivity index (χ0n) is 15.6. The molecule has 1 aliphatic rings. The van der Waals surface area contributed by atoms with Crippen molar-refractivity contribution >= 4 is 11.0 Å². The molecule has 3 aromatic rings. The van der Waals surface area contributed by atoms with Crippen LogP contribution in [-0.2, 0) is 4.74 Å². The molecule has 0 aliphatic carbocycles. The van der Waals surface area contributed by atoms with Crippen LogP contribution in [0.15, 0.2) is 45.6 Å². The first-order valence-electron chi connectivity index (χ1n) is 9.04. The minimum absolute atomic E-state index is 0.0732. The average molecular weight is 434 g/mol. The van der Waals surface area contributed by atoms with Gasteiger partial charge in [-0.2, -0.15) is 0 Å². The number of aliphatic hydroxyl groups is 4. The Bertz CT molecular complexity index is 1170. The molecule has 1 saturated heterocycles. The minimum atomic E-state index is -1.92. The van der Waals surface area contributed by atoms with E-state index in [0.29, 0.717) is 0 Å². The van der Waals surface area contributed by atoms with Crippen molar-refractivity contribution in [1.82, 2.24) is 0 Å². The summed E-state index contributed by atoms with van der Waals surface area (Å²) in [6, 6.07) is 7.40. The SMILES string of the molecule is O=c1c(O[C@H]2O[C@H](O)[C@@H](O)[C@H](O)[C@H]2O)c(-c2ccc(O)cc2)oc2cc(O)cc(O)c12. The van der Waals surface area contributed by atoms with Crippen LogP contribution in [0.4, 0.5) is 0 Å². The molecule has 5 atom stereocenters. The van der Waals surface area contributed by atoms with E-state index in [1.807, 2.05) is 0 Å². The van der Waals surface area contributed by atoms with Gasteiger partial charge in [0, 0.05) is 17.7 Å². The molecule has 4 rings (SSSR count). The summed E-state index contributed by atoms with van der Waals surface area (Å²) in [6.07, 6.45) is -9.22. The van der Waals surface area contributed by atoms with Crippen LogP contribution in [0.2, 0.25) is 0 Å². The molecular weight excluding hydrogens is 416 g/mol. The molecule has 0 bridgehead atoms. The van der Waals surface area contributed by atoms with E-state index >= 15 is 0 Å². The molecule has 7 N–H and O–H groups in total. The first-order chi connectivity index (χ1) is 14.7. The fraction of sp³-hybridized carbons (Fsp3) is 0.250. The lowest BCUT2D eigenvalue weighted by molar-refractivity contribution is -0.321. The lowest BCUT2D eigenvalue weighted by Gasteiger charge is -2.37. The van der Waals surface area contributed by atoms with Crippen LogP contribution in [0.5, 0.6) is 23.0 Å². The summed E-state index contributed by atoms with van der Waals surface area (Å²) in [4.78, 5) is 13.1. The van der Waals surface area contributed by atoms with Gasteiger partial charge in [0.2, 0.25) is 17.5 Å². The summed E-state index contributed by atoms with van der Waals surface area (Å²) >= 11 is 0. The standard InChI is InChI=1S/C20H18O11/c21-8-3-1-7(2-4-8)17-18(30-20-16(27)14(25)15(26)19(28)31-20)13(24)12-10(23)5-9(22)6-11(12)29-17/h1-6,14-16,19-23,25-28H/t14-,15-,16+,19-,20-/m0/s1. The van der Waals surface area contributed by atoms with Crippen molar-refractivity contribution in [3.05, 3.63) is 46.6 Å². The summed E-state index contributed by atoms with van der Waals surface area (Å²) in [5.41, 5.74) is -0.854. The number of aliphatic hydroxyl groups excluding tert-OH is 4. The van der Waals surface area contributed by atoms with Crippen molar-refractivity contribution in [3.63, 3.8) is 0 Å². The van der Waals surface area contributed by atoms with Gasteiger partial charge in [-0.25, -0.2) is 0 Å². The fourth-order valence-corrected chi connectivity index (χ4v) is 3.22. The van der Waals surface area contributed by atoms with E-state index < -0.39 is 47.8 Å². The van der Waals surface area contributed by atoms with Crippen LogP contribution < -0.4 is 10.2 Å². The second kappa shape index (κ2) is 7.72. The number of hydrogen-bond donors (Lipinski definition) is 7. The van der Waals surface area contributed by atoms with Crippen molar-refractivity contribution in [1.29, 1.82) is 0 Å². The van der Waals surface area contributed by atoms with E-state index in [9.17, 15) is 40.5 Å². The second-order valence-electron chi connectivity index (χ2n) is 6.96. The highest BCUT2D eigenvalue weighted by Crippen LogP contribution is 2.37. The fourth-order valence-electron chi connectivity index (χ4n) is 3.22. The van der Waals surface area contributed by atoms with Crippen LogP contribution in [0.1, 0.15) is 0 Å². The minimum Gasteiger partial charge on any atom is -0.508 e. The van der Waals surface area contributed by atoms with Gasteiger partial charge in [-0.15, -0.1) is 0 Å².